The number of piperidine rings is 1. The van der Waals surface area contributed by atoms with E-state index in [9.17, 15) is 18.4 Å². The molecule has 2 atom stereocenters. The zero-order valence-corrected chi connectivity index (χ0v) is 21.9. The summed E-state index contributed by atoms with van der Waals surface area (Å²) in [7, 11) is 0. The number of para-hydroxylation sites is 1. The second-order valence-electron chi connectivity index (χ2n) is 10.1. The SMILES string of the molecule is CC(C)CN(C(=O)c1nnn(-c2ccccc2)c1COCC(F)F)C1CNCC(C(=O)N2CCOCC2)C1. The number of morpholine rings is 1. The maximum atomic E-state index is 14.0. The Morgan fingerprint density at radius 3 is 2.61 bits per heavy atom. The Bertz CT molecular complexity index is 1060. The average Bonchev–Trinajstić information content (AvgIpc) is 3.35. The Morgan fingerprint density at radius 1 is 1.18 bits per heavy atom. The first-order valence-corrected chi connectivity index (χ1v) is 13.1. The van der Waals surface area contributed by atoms with Crippen molar-refractivity contribution in [3.63, 3.8) is 0 Å². The maximum absolute atomic E-state index is 14.0. The van der Waals surface area contributed by atoms with Gasteiger partial charge in [-0.2, -0.15) is 0 Å². The first-order valence-electron chi connectivity index (χ1n) is 13.1. The summed E-state index contributed by atoms with van der Waals surface area (Å²) in [5, 5.41) is 11.7. The van der Waals surface area contributed by atoms with Crippen LogP contribution >= 0.6 is 0 Å². The third-order valence-electron chi connectivity index (χ3n) is 6.71. The van der Waals surface area contributed by atoms with Crippen molar-refractivity contribution in [1.82, 2.24) is 30.1 Å². The van der Waals surface area contributed by atoms with E-state index in [1.165, 1.54) is 4.68 Å². The Balaban J connectivity index is 1.59. The molecule has 10 nitrogen and oxygen atoms in total. The van der Waals surface area contributed by atoms with E-state index in [0.717, 1.165) is 0 Å². The van der Waals surface area contributed by atoms with Crippen molar-refractivity contribution < 1.29 is 27.8 Å². The first kappa shape index (κ1) is 28.1. The molecule has 1 aromatic carbocycles. The van der Waals surface area contributed by atoms with Crippen LogP contribution in [-0.4, -0.2) is 102 Å². The molecule has 0 radical (unpaired) electrons. The molecule has 2 saturated heterocycles. The molecular weight excluding hydrogens is 498 g/mol. The van der Waals surface area contributed by atoms with Gasteiger partial charge in [-0.1, -0.05) is 37.3 Å². The number of ether oxygens (including phenoxy) is 2. The minimum atomic E-state index is -2.64. The zero-order valence-electron chi connectivity index (χ0n) is 21.9. The van der Waals surface area contributed by atoms with Crippen LogP contribution in [-0.2, 0) is 20.9 Å². The monoisotopic (exact) mass is 534 g/mol. The minimum Gasteiger partial charge on any atom is -0.378 e. The van der Waals surface area contributed by atoms with E-state index in [1.54, 1.807) is 17.0 Å². The fourth-order valence-corrected chi connectivity index (χ4v) is 4.93. The van der Waals surface area contributed by atoms with Crippen molar-refractivity contribution in [3.8, 4) is 5.69 Å². The molecule has 0 aliphatic carbocycles. The normalized spacial score (nSPS) is 20.2. The second kappa shape index (κ2) is 13.2. The van der Waals surface area contributed by atoms with Crippen LogP contribution in [0.2, 0.25) is 0 Å². The number of hydrogen-bond donors (Lipinski definition) is 1. The van der Waals surface area contributed by atoms with Crippen LogP contribution < -0.4 is 5.32 Å². The molecule has 12 heteroatoms. The number of amides is 2. The van der Waals surface area contributed by atoms with Gasteiger partial charge in [-0.3, -0.25) is 9.59 Å². The fourth-order valence-electron chi connectivity index (χ4n) is 4.93. The third-order valence-corrected chi connectivity index (χ3v) is 6.71. The molecule has 4 rings (SSSR count). The van der Waals surface area contributed by atoms with Gasteiger partial charge in [0, 0.05) is 38.8 Å². The summed E-state index contributed by atoms with van der Waals surface area (Å²) < 4.78 is 37.7. The van der Waals surface area contributed by atoms with E-state index in [0.29, 0.717) is 63.7 Å². The zero-order chi connectivity index (χ0) is 27.1. The van der Waals surface area contributed by atoms with Gasteiger partial charge in [0.15, 0.2) is 5.69 Å². The highest BCUT2D eigenvalue weighted by atomic mass is 19.3. The molecule has 38 heavy (non-hydrogen) atoms. The van der Waals surface area contributed by atoms with E-state index in [-0.39, 0.29) is 42.0 Å². The number of rotatable bonds is 10. The van der Waals surface area contributed by atoms with Crippen LogP contribution in [0.25, 0.3) is 5.69 Å². The molecule has 2 aliphatic heterocycles. The minimum absolute atomic E-state index is 0.0606. The van der Waals surface area contributed by atoms with Crippen molar-refractivity contribution >= 4 is 11.8 Å². The van der Waals surface area contributed by atoms with E-state index in [1.807, 2.05) is 36.9 Å². The Morgan fingerprint density at radius 2 is 1.92 bits per heavy atom. The van der Waals surface area contributed by atoms with Crippen molar-refractivity contribution in [1.29, 1.82) is 0 Å². The summed E-state index contributed by atoms with van der Waals surface area (Å²) in [6.45, 7) is 6.74. The van der Waals surface area contributed by atoms with E-state index in [2.05, 4.69) is 15.6 Å². The van der Waals surface area contributed by atoms with Gasteiger partial charge in [-0.25, -0.2) is 13.5 Å². The van der Waals surface area contributed by atoms with Crippen LogP contribution in [0.4, 0.5) is 8.78 Å². The molecule has 2 aliphatic rings. The van der Waals surface area contributed by atoms with Crippen LogP contribution in [0.3, 0.4) is 0 Å². The molecule has 2 fully saturated rings. The predicted octanol–water partition coefficient (Wildman–Crippen LogP) is 1.98. The average molecular weight is 535 g/mol. The molecule has 0 saturated carbocycles. The van der Waals surface area contributed by atoms with Crippen molar-refractivity contribution in [2.75, 3.05) is 52.5 Å². The number of benzene rings is 1. The quantitative estimate of drug-likeness (QED) is 0.498. The fraction of sp³-hybridized carbons (Fsp3) is 0.615. The van der Waals surface area contributed by atoms with Crippen LogP contribution in [0, 0.1) is 11.8 Å². The molecule has 0 spiro atoms. The molecule has 1 N–H and O–H groups in total. The van der Waals surface area contributed by atoms with Gasteiger partial charge in [-0.05, 0) is 24.5 Å². The first-order chi connectivity index (χ1) is 18.3. The summed E-state index contributed by atoms with van der Waals surface area (Å²) in [4.78, 5) is 30.8. The Labute approximate surface area is 221 Å². The predicted molar refractivity (Wildman–Crippen MR) is 135 cm³/mol. The summed E-state index contributed by atoms with van der Waals surface area (Å²) in [6.07, 6.45) is -2.12. The largest absolute Gasteiger partial charge is 0.378 e. The number of alkyl halides is 2. The van der Waals surface area contributed by atoms with Crippen LogP contribution in [0.5, 0.6) is 0 Å². The third kappa shape index (κ3) is 6.91. The molecule has 2 unspecified atom stereocenters. The molecule has 2 amide bonds. The number of nitrogens with one attached hydrogen (secondary N) is 1. The number of nitrogens with zero attached hydrogens (tertiary/aromatic N) is 5. The van der Waals surface area contributed by atoms with Crippen LogP contribution in [0.1, 0.15) is 36.5 Å². The lowest BCUT2D eigenvalue weighted by Gasteiger charge is -2.40. The smallest absolute Gasteiger partial charge is 0.276 e. The van der Waals surface area contributed by atoms with Crippen molar-refractivity contribution in [2.45, 2.75) is 39.3 Å². The molecule has 2 aromatic rings. The standard InChI is InChI=1S/C26H36F2N6O4/c1-18(2)15-33(21-12-19(13-29-14-21)25(35)32-8-10-37-11-9-32)26(36)24-22(16-38-17-23(27)28)34(31-30-24)20-6-4-3-5-7-20/h3-7,18-19,21,23,29H,8-17H2,1-2H3. The van der Waals surface area contributed by atoms with Crippen LogP contribution in [0.15, 0.2) is 30.3 Å². The van der Waals surface area contributed by atoms with Crippen molar-refractivity contribution in [3.05, 3.63) is 41.7 Å². The van der Waals surface area contributed by atoms with Gasteiger partial charge < -0.3 is 24.6 Å². The highest BCUT2D eigenvalue weighted by Crippen LogP contribution is 2.24. The lowest BCUT2D eigenvalue weighted by Crippen LogP contribution is -2.56. The summed E-state index contributed by atoms with van der Waals surface area (Å²) in [6, 6.07) is 8.80. The maximum Gasteiger partial charge on any atom is 0.276 e. The summed E-state index contributed by atoms with van der Waals surface area (Å²) in [5.74, 6) is -0.401. The van der Waals surface area contributed by atoms with Gasteiger partial charge in [0.05, 0.1) is 31.4 Å². The van der Waals surface area contributed by atoms with E-state index in [4.69, 9.17) is 9.47 Å². The summed E-state index contributed by atoms with van der Waals surface area (Å²) >= 11 is 0. The highest BCUT2D eigenvalue weighted by Gasteiger charge is 2.37. The van der Waals surface area contributed by atoms with Gasteiger partial charge in [-0.15, -0.1) is 5.10 Å². The van der Waals surface area contributed by atoms with E-state index < -0.39 is 13.0 Å². The van der Waals surface area contributed by atoms with E-state index >= 15 is 0 Å². The number of hydrogen-bond acceptors (Lipinski definition) is 7. The van der Waals surface area contributed by atoms with Gasteiger partial charge >= 0.3 is 0 Å². The number of halogens is 2. The molecule has 0 bridgehead atoms. The topological polar surface area (TPSA) is 102 Å². The molecule has 208 valence electrons. The number of carbonyl (C=O) groups is 2. The number of aromatic nitrogens is 3. The summed E-state index contributed by atoms with van der Waals surface area (Å²) in [5.41, 5.74) is 1.01. The molecule has 1 aromatic heterocycles. The highest BCUT2D eigenvalue weighted by molar-refractivity contribution is 5.93. The van der Waals surface area contributed by atoms with Gasteiger partial charge in [0.25, 0.3) is 12.3 Å². The van der Waals surface area contributed by atoms with Crippen molar-refractivity contribution in [2.24, 2.45) is 11.8 Å². The second-order valence-corrected chi connectivity index (χ2v) is 10.1. The van der Waals surface area contributed by atoms with Gasteiger partial charge in [0.1, 0.15) is 12.3 Å². The Kier molecular flexibility index (Phi) is 9.75. The Hall–Kier alpha value is -2.96. The lowest BCUT2D eigenvalue weighted by atomic mass is 9.92. The molecular formula is C26H36F2N6O4. The lowest BCUT2D eigenvalue weighted by molar-refractivity contribution is -0.140. The van der Waals surface area contributed by atoms with Gasteiger partial charge in [0.2, 0.25) is 5.91 Å². The molecule has 3 heterocycles. The number of carbonyl (C=O) groups excluding carboxylic acids is 2.